The summed E-state index contributed by atoms with van der Waals surface area (Å²) in [5.41, 5.74) is 1.13. The topological polar surface area (TPSA) is 58.5 Å². The number of hydrogen-bond acceptors (Lipinski definition) is 4. The lowest BCUT2D eigenvalue weighted by Gasteiger charge is -2.59. The standard InChI is InChI=1S/C17H30N4OS/c1-7-18-15(19-9-8-13-11-23-12(2)20-13)21-14-10-17(5,22-6)16(14,3)4/h11,14H,7-10H2,1-6H3,(H2,18,19,21). The largest absolute Gasteiger partial charge is 0.378 e. The molecule has 1 aromatic heterocycles. The molecule has 0 amide bonds. The number of ether oxygens (including phenoxy) is 1. The molecule has 1 aromatic rings. The third-order valence-corrected chi connectivity index (χ3v) is 6.06. The lowest BCUT2D eigenvalue weighted by molar-refractivity contribution is -0.176. The summed E-state index contributed by atoms with van der Waals surface area (Å²) < 4.78 is 5.69. The molecule has 130 valence electrons. The minimum atomic E-state index is -0.0693. The summed E-state index contributed by atoms with van der Waals surface area (Å²) >= 11 is 1.69. The fraction of sp³-hybridized carbons (Fsp3) is 0.765. The molecule has 1 heterocycles. The molecule has 1 saturated carbocycles. The van der Waals surface area contributed by atoms with Gasteiger partial charge in [-0.25, -0.2) is 4.98 Å². The van der Waals surface area contributed by atoms with Crippen molar-refractivity contribution in [2.45, 2.75) is 59.1 Å². The van der Waals surface area contributed by atoms with Gasteiger partial charge in [0.2, 0.25) is 0 Å². The van der Waals surface area contributed by atoms with Gasteiger partial charge in [-0.3, -0.25) is 4.99 Å². The Morgan fingerprint density at radius 3 is 2.74 bits per heavy atom. The number of methoxy groups -OCH3 is 1. The van der Waals surface area contributed by atoms with Crippen molar-refractivity contribution < 1.29 is 4.74 Å². The van der Waals surface area contributed by atoms with Crippen molar-refractivity contribution in [3.8, 4) is 0 Å². The zero-order chi connectivity index (χ0) is 17.1. The minimum absolute atomic E-state index is 0.0693. The van der Waals surface area contributed by atoms with Gasteiger partial charge >= 0.3 is 0 Å². The van der Waals surface area contributed by atoms with E-state index in [0.29, 0.717) is 6.04 Å². The van der Waals surface area contributed by atoms with E-state index in [9.17, 15) is 0 Å². The van der Waals surface area contributed by atoms with Crippen LogP contribution in [-0.2, 0) is 11.2 Å². The van der Waals surface area contributed by atoms with Crippen LogP contribution >= 0.6 is 11.3 Å². The van der Waals surface area contributed by atoms with Crippen LogP contribution in [0.2, 0.25) is 0 Å². The van der Waals surface area contributed by atoms with Gasteiger partial charge in [-0.1, -0.05) is 13.8 Å². The summed E-state index contributed by atoms with van der Waals surface area (Å²) in [6, 6.07) is 0.367. The zero-order valence-corrected chi connectivity index (χ0v) is 16.0. The van der Waals surface area contributed by atoms with E-state index >= 15 is 0 Å². The highest BCUT2D eigenvalue weighted by molar-refractivity contribution is 7.09. The lowest BCUT2D eigenvalue weighted by atomic mass is 9.56. The quantitative estimate of drug-likeness (QED) is 0.618. The van der Waals surface area contributed by atoms with Crippen LogP contribution in [0.15, 0.2) is 10.4 Å². The van der Waals surface area contributed by atoms with Gasteiger partial charge in [0.25, 0.3) is 0 Å². The van der Waals surface area contributed by atoms with Gasteiger partial charge in [0.05, 0.1) is 16.3 Å². The number of thiazole rings is 1. The summed E-state index contributed by atoms with van der Waals surface area (Å²) in [5.74, 6) is 0.885. The summed E-state index contributed by atoms with van der Waals surface area (Å²) in [4.78, 5) is 9.18. The van der Waals surface area contributed by atoms with Gasteiger partial charge in [-0.05, 0) is 27.2 Å². The molecule has 1 fully saturated rings. The van der Waals surface area contributed by atoms with Crippen molar-refractivity contribution >= 4 is 17.3 Å². The maximum Gasteiger partial charge on any atom is 0.191 e. The summed E-state index contributed by atoms with van der Waals surface area (Å²) in [7, 11) is 1.80. The van der Waals surface area contributed by atoms with Crippen molar-refractivity contribution in [2.24, 2.45) is 10.4 Å². The molecule has 1 aliphatic carbocycles. The Kier molecular flexibility index (Phi) is 5.68. The van der Waals surface area contributed by atoms with Crippen molar-refractivity contribution in [3.05, 3.63) is 16.1 Å². The Morgan fingerprint density at radius 1 is 1.48 bits per heavy atom. The van der Waals surface area contributed by atoms with Gasteiger partial charge in [0.15, 0.2) is 5.96 Å². The molecule has 1 aliphatic rings. The van der Waals surface area contributed by atoms with Gasteiger partial charge in [-0.15, -0.1) is 11.3 Å². The summed E-state index contributed by atoms with van der Waals surface area (Å²) in [6.45, 7) is 12.4. The SMILES string of the molecule is CCNC(=NCCc1csc(C)n1)NC1CC(C)(OC)C1(C)C. The molecule has 0 radical (unpaired) electrons. The maximum absolute atomic E-state index is 5.69. The molecule has 2 N–H and O–H groups in total. The first-order chi connectivity index (χ1) is 10.8. The van der Waals surface area contributed by atoms with E-state index in [1.54, 1.807) is 18.4 Å². The number of aromatic nitrogens is 1. The number of aryl methyl sites for hydroxylation is 1. The number of guanidine groups is 1. The Bertz CT molecular complexity index is 555. The highest BCUT2D eigenvalue weighted by Gasteiger charge is 2.58. The van der Waals surface area contributed by atoms with Crippen LogP contribution in [0.3, 0.4) is 0 Å². The smallest absolute Gasteiger partial charge is 0.191 e. The number of nitrogens with zero attached hydrogens (tertiary/aromatic N) is 2. The highest BCUT2D eigenvalue weighted by Crippen LogP contribution is 2.51. The van der Waals surface area contributed by atoms with E-state index < -0.39 is 0 Å². The first-order valence-corrected chi connectivity index (χ1v) is 9.21. The molecule has 6 heteroatoms. The molecular weight excluding hydrogens is 308 g/mol. The molecule has 0 saturated heterocycles. The van der Waals surface area contributed by atoms with Gasteiger partial charge in [-0.2, -0.15) is 0 Å². The van der Waals surface area contributed by atoms with Crippen LogP contribution in [0.25, 0.3) is 0 Å². The van der Waals surface area contributed by atoms with Crippen molar-refractivity contribution in [3.63, 3.8) is 0 Å². The number of aliphatic imine (C=N–C) groups is 1. The summed E-state index contributed by atoms with van der Waals surface area (Å²) in [5, 5.41) is 10.1. The normalized spacial score (nSPS) is 26.7. The van der Waals surface area contributed by atoms with Crippen LogP contribution < -0.4 is 10.6 Å². The Labute approximate surface area is 144 Å². The second kappa shape index (κ2) is 7.18. The molecule has 0 bridgehead atoms. The third-order valence-electron chi connectivity index (χ3n) is 5.24. The zero-order valence-electron chi connectivity index (χ0n) is 15.2. The maximum atomic E-state index is 5.69. The minimum Gasteiger partial charge on any atom is -0.378 e. The average molecular weight is 339 g/mol. The van der Waals surface area contributed by atoms with Crippen LogP contribution in [-0.4, -0.2) is 42.8 Å². The van der Waals surface area contributed by atoms with E-state index in [0.717, 1.165) is 42.6 Å². The lowest BCUT2D eigenvalue weighted by Crippen LogP contribution is -2.69. The van der Waals surface area contributed by atoms with E-state index in [1.165, 1.54) is 0 Å². The molecule has 5 nitrogen and oxygen atoms in total. The Morgan fingerprint density at radius 2 is 2.22 bits per heavy atom. The molecule has 23 heavy (non-hydrogen) atoms. The molecule has 0 aromatic carbocycles. The van der Waals surface area contributed by atoms with Gasteiger partial charge in [0, 0.05) is 43.5 Å². The molecule has 2 atom stereocenters. The van der Waals surface area contributed by atoms with E-state index in [-0.39, 0.29) is 11.0 Å². The fourth-order valence-electron chi connectivity index (χ4n) is 3.01. The molecule has 2 rings (SSSR count). The van der Waals surface area contributed by atoms with E-state index in [4.69, 9.17) is 9.73 Å². The first kappa shape index (κ1) is 18.2. The van der Waals surface area contributed by atoms with Crippen LogP contribution in [0.1, 0.15) is 44.8 Å². The van der Waals surface area contributed by atoms with E-state index in [2.05, 4.69) is 48.7 Å². The fourth-order valence-corrected chi connectivity index (χ4v) is 3.66. The average Bonchev–Trinajstić information content (AvgIpc) is 2.92. The van der Waals surface area contributed by atoms with E-state index in [1.807, 2.05) is 6.92 Å². The third kappa shape index (κ3) is 3.86. The predicted molar refractivity (Wildman–Crippen MR) is 97.3 cm³/mol. The second-order valence-corrected chi connectivity index (χ2v) is 7.99. The van der Waals surface area contributed by atoms with Crippen LogP contribution in [0.5, 0.6) is 0 Å². The number of hydrogen-bond donors (Lipinski definition) is 2. The monoisotopic (exact) mass is 338 g/mol. The van der Waals surface area contributed by atoms with Crippen LogP contribution in [0, 0.1) is 12.3 Å². The van der Waals surface area contributed by atoms with Crippen molar-refractivity contribution in [1.82, 2.24) is 15.6 Å². The molecule has 0 aliphatic heterocycles. The molecular formula is C17H30N4OS. The Balaban J connectivity index is 1.92. The predicted octanol–water partition coefficient (Wildman–Crippen LogP) is 2.75. The van der Waals surface area contributed by atoms with Gasteiger partial charge in [0.1, 0.15) is 0 Å². The van der Waals surface area contributed by atoms with Crippen molar-refractivity contribution in [2.75, 3.05) is 20.2 Å². The van der Waals surface area contributed by atoms with Crippen LogP contribution in [0.4, 0.5) is 0 Å². The highest BCUT2D eigenvalue weighted by atomic mass is 32.1. The first-order valence-electron chi connectivity index (χ1n) is 8.33. The molecule has 2 unspecified atom stereocenters. The van der Waals surface area contributed by atoms with Gasteiger partial charge < -0.3 is 15.4 Å². The summed E-state index contributed by atoms with van der Waals surface area (Å²) in [6.07, 6.45) is 1.87. The second-order valence-electron chi connectivity index (χ2n) is 6.93. The Hall–Kier alpha value is -1.14. The number of rotatable bonds is 6. The molecule has 0 spiro atoms. The van der Waals surface area contributed by atoms with Crippen molar-refractivity contribution in [1.29, 1.82) is 0 Å². The number of nitrogens with one attached hydrogen (secondary N) is 2.